The van der Waals surface area contributed by atoms with Crippen LogP contribution >= 0.6 is 15.9 Å². The third kappa shape index (κ3) is 2.16. The fraction of sp³-hybridized carbons (Fsp3) is 0.333. The summed E-state index contributed by atoms with van der Waals surface area (Å²) in [6.07, 6.45) is 0. The number of halogens is 1. The number of rotatable bonds is 2. The van der Waals surface area contributed by atoms with E-state index in [2.05, 4.69) is 26.0 Å². The van der Waals surface area contributed by atoms with Crippen LogP contribution in [-0.4, -0.2) is 13.2 Å². The molecule has 5 nitrogen and oxygen atoms in total. The van der Waals surface area contributed by atoms with E-state index in [1.807, 2.05) is 12.1 Å². The van der Waals surface area contributed by atoms with Crippen molar-refractivity contribution in [2.24, 2.45) is 5.11 Å². The molecule has 1 aromatic rings. The molecule has 0 amide bonds. The number of nitrogens with zero attached hydrogens (tertiary/aromatic N) is 3. The van der Waals surface area contributed by atoms with Crippen molar-refractivity contribution in [3.8, 4) is 11.5 Å². The number of ether oxygens (including phenoxy) is 2. The minimum atomic E-state index is 0.311. The fourth-order valence-corrected chi connectivity index (χ4v) is 1.97. The molecule has 15 heavy (non-hydrogen) atoms. The van der Waals surface area contributed by atoms with Gasteiger partial charge in [-0.25, -0.2) is 0 Å². The molecule has 6 heteroatoms. The molecule has 0 fully saturated rings. The van der Waals surface area contributed by atoms with E-state index >= 15 is 0 Å². The van der Waals surface area contributed by atoms with Crippen LogP contribution < -0.4 is 9.47 Å². The van der Waals surface area contributed by atoms with Crippen molar-refractivity contribution in [1.29, 1.82) is 0 Å². The molecular weight excluding hydrogens is 262 g/mol. The van der Waals surface area contributed by atoms with E-state index in [4.69, 9.17) is 15.0 Å². The first-order valence-electron chi connectivity index (χ1n) is 4.40. The molecule has 1 heterocycles. The molecule has 0 saturated heterocycles. The van der Waals surface area contributed by atoms with Crippen LogP contribution in [0.15, 0.2) is 21.7 Å². The minimum absolute atomic E-state index is 0.311. The molecule has 0 aromatic heterocycles. The van der Waals surface area contributed by atoms with Gasteiger partial charge in [-0.1, -0.05) is 5.11 Å². The van der Waals surface area contributed by atoms with E-state index in [0.717, 1.165) is 10.0 Å². The minimum Gasteiger partial charge on any atom is -0.486 e. The van der Waals surface area contributed by atoms with Crippen LogP contribution in [-0.2, 0) is 6.54 Å². The molecule has 1 aliphatic rings. The number of hydrogen-bond acceptors (Lipinski definition) is 3. The SMILES string of the molecule is [N-]=[N+]=NCc1cc(Br)c2c(c1)OCCO2. The first kappa shape index (κ1) is 10.1. The second-order valence-corrected chi connectivity index (χ2v) is 3.85. The van der Waals surface area contributed by atoms with E-state index in [9.17, 15) is 0 Å². The summed E-state index contributed by atoms with van der Waals surface area (Å²) in [6, 6.07) is 3.69. The van der Waals surface area contributed by atoms with Crippen molar-refractivity contribution >= 4 is 15.9 Å². The summed E-state index contributed by atoms with van der Waals surface area (Å²) in [7, 11) is 0. The molecule has 0 radical (unpaired) electrons. The Morgan fingerprint density at radius 2 is 2.20 bits per heavy atom. The molecule has 0 saturated carbocycles. The van der Waals surface area contributed by atoms with E-state index in [-0.39, 0.29) is 0 Å². The Morgan fingerprint density at radius 3 is 3.00 bits per heavy atom. The molecule has 0 bridgehead atoms. The Balaban J connectivity index is 2.35. The highest BCUT2D eigenvalue weighted by atomic mass is 79.9. The van der Waals surface area contributed by atoms with Gasteiger partial charge in [-0.3, -0.25) is 0 Å². The van der Waals surface area contributed by atoms with Crippen LogP contribution in [0.3, 0.4) is 0 Å². The Kier molecular flexibility index (Phi) is 2.99. The van der Waals surface area contributed by atoms with Gasteiger partial charge in [0.1, 0.15) is 13.2 Å². The topological polar surface area (TPSA) is 67.2 Å². The van der Waals surface area contributed by atoms with Gasteiger partial charge >= 0.3 is 0 Å². The molecule has 0 spiro atoms. The van der Waals surface area contributed by atoms with Crippen LogP contribution in [0.5, 0.6) is 11.5 Å². The Morgan fingerprint density at radius 1 is 1.40 bits per heavy atom. The monoisotopic (exact) mass is 269 g/mol. The van der Waals surface area contributed by atoms with Crippen molar-refractivity contribution < 1.29 is 9.47 Å². The molecule has 0 aliphatic carbocycles. The van der Waals surface area contributed by atoms with Gasteiger partial charge in [-0.15, -0.1) is 0 Å². The van der Waals surface area contributed by atoms with E-state index < -0.39 is 0 Å². The largest absolute Gasteiger partial charge is 0.486 e. The van der Waals surface area contributed by atoms with Gasteiger partial charge in [-0.2, -0.15) is 0 Å². The molecule has 2 rings (SSSR count). The van der Waals surface area contributed by atoms with Crippen LogP contribution in [0, 0.1) is 0 Å². The Hall–Kier alpha value is -1.39. The van der Waals surface area contributed by atoms with E-state index in [1.165, 1.54) is 0 Å². The summed E-state index contributed by atoms with van der Waals surface area (Å²) < 4.78 is 11.7. The molecule has 78 valence electrons. The van der Waals surface area contributed by atoms with Gasteiger partial charge in [0.2, 0.25) is 0 Å². The van der Waals surface area contributed by atoms with Gasteiger partial charge < -0.3 is 9.47 Å². The zero-order valence-electron chi connectivity index (χ0n) is 7.81. The summed E-state index contributed by atoms with van der Waals surface area (Å²) in [5.74, 6) is 1.41. The van der Waals surface area contributed by atoms with Gasteiger partial charge in [0, 0.05) is 4.91 Å². The average molecular weight is 270 g/mol. The first-order valence-corrected chi connectivity index (χ1v) is 5.19. The van der Waals surface area contributed by atoms with Gasteiger partial charge in [0.15, 0.2) is 11.5 Å². The van der Waals surface area contributed by atoms with Gasteiger partial charge in [-0.05, 0) is 39.2 Å². The average Bonchev–Trinajstić information content (AvgIpc) is 2.26. The number of azide groups is 1. The zero-order valence-corrected chi connectivity index (χ0v) is 9.40. The molecule has 0 unspecified atom stereocenters. The fourth-order valence-electron chi connectivity index (χ4n) is 1.37. The summed E-state index contributed by atoms with van der Waals surface area (Å²) in [4.78, 5) is 2.71. The summed E-state index contributed by atoms with van der Waals surface area (Å²) in [5.41, 5.74) is 9.12. The standard InChI is InChI=1S/C9H8BrN3O2/c10-7-3-6(5-12-13-11)4-8-9(7)15-2-1-14-8/h3-4H,1-2,5H2. The highest BCUT2D eigenvalue weighted by Crippen LogP contribution is 2.38. The molecular formula is C9H8BrN3O2. The third-order valence-corrected chi connectivity index (χ3v) is 2.56. The number of hydrogen-bond donors (Lipinski definition) is 0. The number of fused-ring (bicyclic) bond motifs is 1. The summed E-state index contributed by atoms with van der Waals surface area (Å²) >= 11 is 3.38. The van der Waals surface area contributed by atoms with Crippen molar-refractivity contribution in [2.75, 3.05) is 13.2 Å². The van der Waals surface area contributed by atoms with Gasteiger partial charge in [0.25, 0.3) is 0 Å². The predicted molar refractivity (Wildman–Crippen MR) is 58.0 cm³/mol. The lowest BCUT2D eigenvalue weighted by molar-refractivity contribution is 0.170. The van der Waals surface area contributed by atoms with E-state index in [1.54, 1.807) is 0 Å². The van der Waals surface area contributed by atoms with Crippen molar-refractivity contribution in [1.82, 2.24) is 0 Å². The van der Waals surface area contributed by atoms with Crippen molar-refractivity contribution in [2.45, 2.75) is 6.54 Å². The highest BCUT2D eigenvalue weighted by molar-refractivity contribution is 9.10. The maximum Gasteiger partial charge on any atom is 0.175 e. The lowest BCUT2D eigenvalue weighted by Gasteiger charge is -2.20. The third-order valence-electron chi connectivity index (χ3n) is 1.97. The van der Waals surface area contributed by atoms with Crippen LogP contribution in [0.1, 0.15) is 5.56 Å². The predicted octanol–water partition coefficient (Wildman–Crippen LogP) is 3.03. The Labute approximate surface area is 94.7 Å². The molecule has 0 atom stereocenters. The second-order valence-electron chi connectivity index (χ2n) is 2.99. The second kappa shape index (κ2) is 4.42. The lowest BCUT2D eigenvalue weighted by atomic mass is 10.2. The smallest absolute Gasteiger partial charge is 0.175 e. The van der Waals surface area contributed by atoms with Gasteiger partial charge in [0.05, 0.1) is 11.0 Å². The first-order chi connectivity index (χ1) is 7.31. The normalized spacial score (nSPS) is 13.1. The highest BCUT2D eigenvalue weighted by Gasteiger charge is 2.15. The van der Waals surface area contributed by atoms with Crippen molar-refractivity contribution in [3.05, 3.63) is 32.6 Å². The van der Waals surface area contributed by atoms with Crippen LogP contribution in [0.4, 0.5) is 0 Å². The molecule has 0 N–H and O–H groups in total. The maximum atomic E-state index is 8.23. The summed E-state index contributed by atoms with van der Waals surface area (Å²) in [6.45, 7) is 1.41. The Bertz CT molecular complexity index is 430. The van der Waals surface area contributed by atoms with E-state index in [0.29, 0.717) is 31.3 Å². The summed E-state index contributed by atoms with van der Waals surface area (Å²) in [5, 5.41) is 3.50. The molecule has 1 aliphatic heterocycles. The number of benzene rings is 1. The lowest BCUT2D eigenvalue weighted by Crippen LogP contribution is -2.15. The van der Waals surface area contributed by atoms with Crippen LogP contribution in [0.25, 0.3) is 10.4 Å². The zero-order chi connectivity index (χ0) is 10.7. The maximum absolute atomic E-state index is 8.23. The molecule has 1 aromatic carbocycles. The van der Waals surface area contributed by atoms with Crippen LogP contribution in [0.2, 0.25) is 0 Å². The van der Waals surface area contributed by atoms with Crippen molar-refractivity contribution in [3.63, 3.8) is 0 Å². The quantitative estimate of drug-likeness (QED) is 0.471.